The van der Waals surface area contributed by atoms with Gasteiger partial charge >= 0.3 is 5.97 Å². The number of aromatic nitrogens is 1. The topological polar surface area (TPSA) is 83.2 Å². The lowest BCUT2D eigenvalue weighted by Crippen LogP contribution is -2.09. The second-order valence-electron chi connectivity index (χ2n) is 2.72. The fourth-order valence-electron chi connectivity index (χ4n) is 1.04. The maximum atomic E-state index is 11.3. The van der Waals surface area contributed by atoms with Gasteiger partial charge in [-0.1, -0.05) is 0 Å². The molecule has 0 fully saturated rings. The van der Waals surface area contributed by atoms with E-state index >= 15 is 0 Å². The zero-order chi connectivity index (χ0) is 11.3. The molecule has 5 nitrogen and oxygen atoms in total. The predicted octanol–water partition coefficient (Wildman–Crippen LogP) is 0.622. The summed E-state index contributed by atoms with van der Waals surface area (Å²) in [5.74, 6) is -0.593. The number of nitriles is 1. The van der Waals surface area contributed by atoms with E-state index in [0.717, 1.165) is 0 Å². The first-order chi connectivity index (χ1) is 7.21. The van der Waals surface area contributed by atoms with Crippen molar-refractivity contribution >= 4 is 5.97 Å². The van der Waals surface area contributed by atoms with E-state index < -0.39 is 5.97 Å². The highest BCUT2D eigenvalue weighted by Crippen LogP contribution is 2.06. The molecule has 0 aliphatic carbocycles. The van der Waals surface area contributed by atoms with Crippen molar-refractivity contribution in [3.8, 4) is 6.07 Å². The Kier molecular flexibility index (Phi) is 3.77. The van der Waals surface area contributed by atoms with Crippen molar-refractivity contribution in [1.82, 2.24) is 4.98 Å². The molecule has 1 rings (SSSR count). The van der Waals surface area contributed by atoms with E-state index in [1.807, 2.05) is 6.07 Å². The number of aliphatic hydroxyl groups is 1. The normalized spacial score (nSPS) is 9.40. The van der Waals surface area contributed by atoms with E-state index in [2.05, 4.69) is 4.98 Å². The Morgan fingerprint density at radius 1 is 1.67 bits per heavy atom. The van der Waals surface area contributed by atoms with Crippen molar-refractivity contribution in [2.24, 2.45) is 0 Å². The number of pyridine rings is 1. The summed E-state index contributed by atoms with van der Waals surface area (Å²) in [6, 6.07) is 4.63. The van der Waals surface area contributed by atoms with Crippen LogP contribution < -0.4 is 0 Å². The third kappa shape index (κ3) is 2.76. The van der Waals surface area contributed by atoms with Crippen LogP contribution in [0.5, 0.6) is 0 Å². The van der Waals surface area contributed by atoms with Crippen LogP contribution in [0.3, 0.4) is 0 Å². The van der Waals surface area contributed by atoms with E-state index in [1.165, 1.54) is 12.1 Å². The highest BCUT2D eigenvalue weighted by molar-refractivity contribution is 5.87. The van der Waals surface area contributed by atoms with Crippen molar-refractivity contribution in [2.75, 3.05) is 6.61 Å². The molecule has 1 aromatic rings. The van der Waals surface area contributed by atoms with Crippen molar-refractivity contribution in [3.63, 3.8) is 0 Å². The molecule has 1 aromatic heterocycles. The smallest absolute Gasteiger partial charge is 0.356 e. The largest absolute Gasteiger partial charge is 0.461 e. The molecule has 15 heavy (non-hydrogen) atoms. The Morgan fingerprint density at radius 2 is 2.40 bits per heavy atom. The lowest BCUT2D eigenvalue weighted by molar-refractivity contribution is 0.0519. The zero-order valence-electron chi connectivity index (χ0n) is 8.23. The molecule has 0 spiro atoms. The molecule has 1 heterocycles. The first-order valence-corrected chi connectivity index (χ1v) is 4.40. The van der Waals surface area contributed by atoms with Gasteiger partial charge in [0.1, 0.15) is 5.69 Å². The Labute approximate surface area is 86.9 Å². The van der Waals surface area contributed by atoms with Gasteiger partial charge in [0.05, 0.1) is 30.5 Å². The molecule has 0 aromatic carbocycles. The van der Waals surface area contributed by atoms with Gasteiger partial charge in [0, 0.05) is 0 Å². The predicted molar refractivity (Wildman–Crippen MR) is 50.8 cm³/mol. The molecular formula is C10H10N2O3. The van der Waals surface area contributed by atoms with Crippen LogP contribution in [-0.4, -0.2) is 22.7 Å². The van der Waals surface area contributed by atoms with Crippen molar-refractivity contribution in [2.45, 2.75) is 13.5 Å². The molecule has 0 bridgehead atoms. The highest BCUT2D eigenvalue weighted by Gasteiger charge is 2.10. The summed E-state index contributed by atoms with van der Waals surface area (Å²) >= 11 is 0. The minimum absolute atomic E-state index is 0.0416. The van der Waals surface area contributed by atoms with E-state index in [-0.39, 0.29) is 30.2 Å². The average Bonchev–Trinajstić information content (AvgIpc) is 2.28. The molecule has 0 aliphatic heterocycles. The van der Waals surface area contributed by atoms with Crippen molar-refractivity contribution in [3.05, 3.63) is 29.1 Å². The molecular weight excluding hydrogens is 196 g/mol. The standard InChI is InChI=1S/C10H10N2O3/c1-2-15-10(14)9-4-7(5-11)3-8(6-13)12-9/h3-4,13H,2,6H2,1H3. The SMILES string of the molecule is CCOC(=O)c1cc(C#N)cc(CO)n1. The number of hydrogen-bond acceptors (Lipinski definition) is 5. The van der Waals surface area contributed by atoms with Crippen LogP contribution in [0.25, 0.3) is 0 Å². The lowest BCUT2D eigenvalue weighted by atomic mass is 10.2. The number of hydrogen-bond donors (Lipinski definition) is 1. The van der Waals surface area contributed by atoms with Crippen molar-refractivity contribution < 1.29 is 14.6 Å². The zero-order valence-corrected chi connectivity index (χ0v) is 8.23. The first kappa shape index (κ1) is 11.1. The quantitative estimate of drug-likeness (QED) is 0.733. The summed E-state index contributed by atoms with van der Waals surface area (Å²) in [5.41, 5.74) is 0.592. The fourth-order valence-corrected chi connectivity index (χ4v) is 1.04. The van der Waals surface area contributed by atoms with Crippen LogP contribution in [0.2, 0.25) is 0 Å². The Morgan fingerprint density at radius 3 is 2.93 bits per heavy atom. The van der Waals surface area contributed by atoms with Gasteiger partial charge in [-0.3, -0.25) is 0 Å². The Bertz CT molecular complexity index is 410. The lowest BCUT2D eigenvalue weighted by Gasteiger charge is -2.03. The molecule has 1 N–H and O–H groups in total. The Balaban J connectivity index is 3.08. The first-order valence-electron chi connectivity index (χ1n) is 4.40. The van der Waals surface area contributed by atoms with Gasteiger partial charge < -0.3 is 9.84 Å². The molecule has 78 valence electrons. The second-order valence-corrected chi connectivity index (χ2v) is 2.72. The third-order valence-electron chi connectivity index (χ3n) is 1.65. The number of carbonyl (C=O) groups is 1. The summed E-state index contributed by atoms with van der Waals surface area (Å²) < 4.78 is 4.73. The molecule has 5 heteroatoms. The van der Waals surface area contributed by atoms with Crippen LogP contribution in [0.4, 0.5) is 0 Å². The average molecular weight is 206 g/mol. The minimum Gasteiger partial charge on any atom is -0.461 e. The molecule has 0 saturated carbocycles. The number of carbonyl (C=O) groups excluding carboxylic acids is 1. The van der Waals surface area contributed by atoms with Gasteiger partial charge in [-0.05, 0) is 19.1 Å². The highest BCUT2D eigenvalue weighted by atomic mass is 16.5. The number of nitrogens with zero attached hydrogens (tertiary/aromatic N) is 2. The van der Waals surface area contributed by atoms with Gasteiger partial charge in [0.25, 0.3) is 0 Å². The van der Waals surface area contributed by atoms with Gasteiger partial charge in [-0.15, -0.1) is 0 Å². The van der Waals surface area contributed by atoms with Crippen LogP contribution in [0.15, 0.2) is 12.1 Å². The molecule has 0 saturated heterocycles. The van der Waals surface area contributed by atoms with Gasteiger partial charge in [-0.25, -0.2) is 9.78 Å². The molecule has 0 aliphatic rings. The van der Waals surface area contributed by atoms with E-state index in [1.54, 1.807) is 6.92 Å². The maximum Gasteiger partial charge on any atom is 0.356 e. The minimum atomic E-state index is -0.593. The summed E-state index contributed by atoms with van der Waals surface area (Å²) in [4.78, 5) is 15.1. The molecule has 0 atom stereocenters. The van der Waals surface area contributed by atoms with E-state index in [9.17, 15) is 4.79 Å². The summed E-state index contributed by atoms with van der Waals surface area (Å²) in [5, 5.41) is 17.6. The second kappa shape index (κ2) is 5.08. The maximum absolute atomic E-state index is 11.3. The number of rotatable bonds is 3. The van der Waals surface area contributed by atoms with Crippen LogP contribution >= 0.6 is 0 Å². The van der Waals surface area contributed by atoms with Crippen LogP contribution in [0.1, 0.15) is 28.7 Å². The number of ether oxygens (including phenoxy) is 1. The summed E-state index contributed by atoms with van der Waals surface area (Å²) in [7, 11) is 0. The van der Waals surface area contributed by atoms with Crippen LogP contribution in [0, 0.1) is 11.3 Å². The van der Waals surface area contributed by atoms with Gasteiger partial charge in [-0.2, -0.15) is 5.26 Å². The third-order valence-corrected chi connectivity index (χ3v) is 1.65. The van der Waals surface area contributed by atoms with Crippen molar-refractivity contribution in [1.29, 1.82) is 5.26 Å². The molecule has 0 unspecified atom stereocenters. The monoisotopic (exact) mass is 206 g/mol. The Hall–Kier alpha value is -1.93. The fraction of sp³-hybridized carbons (Fsp3) is 0.300. The summed E-state index contributed by atoms with van der Waals surface area (Å²) in [6.07, 6.45) is 0. The van der Waals surface area contributed by atoms with Gasteiger partial charge in [0.15, 0.2) is 0 Å². The molecule has 0 amide bonds. The molecule has 0 radical (unpaired) electrons. The summed E-state index contributed by atoms with van der Waals surface area (Å²) in [6.45, 7) is 1.60. The van der Waals surface area contributed by atoms with Gasteiger partial charge in [0.2, 0.25) is 0 Å². The number of aliphatic hydroxyl groups excluding tert-OH is 1. The van der Waals surface area contributed by atoms with E-state index in [0.29, 0.717) is 0 Å². The number of esters is 1. The van der Waals surface area contributed by atoms with E-state index in [4.69, 9.17) is 15.1 Å². The van der Waals surface area contributed by atoms with Crippen LogP contribution in [-0.2, 0) is 11.3 Å².